The highest BCUT2D eigenvalue weighted by molar-refractivity contribution is 8.18. The third kappa shape index (κ3) is 5.27. The van der Waals surface area contributed by atoms with Crippen LogP contribution >= 0.6 is 23.5 Å². The van der Waals surface area contributed by atoms with Crippen LogP contribution in [0.4, 0.5) is 0 Å². The van der Waals surface area contributed by atoms with Crippen LogP contribution in [0.1, 0.15) is 25.3 Å². The maximum Gasteiger partial charge on any atom is 0.286 e. The van der Waals surface area contributed by atoms with Gasteiger partial charge in [-0.2, -0.15) is 10.1 Å². The second-order valence-corrected chi connectivity index (χ2v) is 11.0. The minimum atomic E-state index is -0.253. The van der Waals surface area contributed by atoms with Crippen molar-refractivity contribution in [3.8, 4) is 16.9 Å². The summed E-state index contributed by atoms with van der Waals surface area (Å²) in [6, 6.07) is 18.3. The van der Waals surface area contributed by atoms with Crippen molar-refractivity contribution in [2.45, 2.75) is 24.7 Å². The zero-order valence-corrected chi connectivity index (χ0v) is 21.6. The number of hydrogen-bond acceptors (Lipinski definition) is 6. The van der Waals surface area contributed by atoms with Crippen molar-refractivity contribution in [2.75, 3.05) is 18.8 Å². The molecule has 9 heteroatoms. The van der Waals surface area contributed by atoms with Crippen molar-refractivity contribution in [1.82, 2.24) is 14.7 Å². The molecule has 0 saturated carbocycles. The maximum atomic E-state index is 12.8. The number of rotatable bonds is 6. The molecule has 2 aromatic carbocycles. The van der Waals surface area contributed by atoms with Gasteiger partial charge in [-0.05, 0) is 60.7 Å². The van der Waals surface area contributed by atoms with E-state index < -0.39 is 0 Å². The standard InChI is InChI=1S/C27H27N5O2S2/c1-2-35-22-10-8-18(9-11-22)24-20(17-32(30-24)21-6-4-3-5-7-21)16-23-26(34)29-27(36-23)31-14-12-19(13-15-31)25(28)33/h3-11,16-17,19H,2,12-15H2,1H3,(H2,28,33). The average molecular weight is 518 g/mol. The quantitative estimate of drug-likeness (QED) is 0.372. The molecule has 3 heterocycles. The molecule has 0 bridgehead atoms. The minimum Gasteiger partial charge on any atom is -0.369 e. The fourth-order valence-corrected chi connectivity index (χ4v) is 5.95. The number of carbonyl (C=O) groups is 2. The summed E-state index contributed by atoms with van der Waals surface area (Å²) in [6.07, 6.45) is 5.21. The van der Waals surface area contributed by atoms with E-state index in [2.05, 4.69) is 41.1 Å². The third-order valence-corrected chi connectivity index (χ3v) is 8.20. The summed E-state index contributed by atoms with van der Waals surface area (Å²) in [4.78, 5) is 32.5. The molecule has 0 atom stereocenters. The molecule has 0 spiro atoms. The number of aromatic nitrogens is 2. The number of para-hydroxylation sites is 1. The zero-order valence-electron chi connectivity index (χ0n) is 20.0. The van der Waals surface area contributed by atoms with E-state index >= 15 is 0 Å². The summed E-state index contributed by atoms with van der Waals surface area (Å²) < 4.78 is 1.84. The van der Waals surface area contributed by atoms with Crippen LogP contribution in [0, 0.1) is 5.92 Å². The molecule has 2 amide bonds. The Hall–Kier alpha value is -3.30. The first kappa shape index (κ1) is 24.4. The van der Waals surface area contributed by atoms with Crippen LogP contribution in [-0.4, -0.2) is 50.5 Å². The highest BCUT2D eigenvalue weighted by Gasteiger charge is 2.31. The van der Waals surface area contributed by atoms with Crippen LogP contribution in [0.25, 0.3) is 23.0 Å². The van der Waals surface area contributed by atoms with Crippen molar-refractivity contribution in [2.24, 2.45) is 16.6 Å². The smallest absolute Gasteiger partial charge is 0.286 e. The maximum absolute atomic E-state index is 12.8. The minimum absolute atomic E-state index is 0.104. The highest BCUT2D eigenvalue weighted by Crippen LogP contribution is 2.35. The summed E-state index contributed by atoms with van der Waals surface area (Å²) in [5, 5.41) is 5.57. The Morgan fingerprint density at radius 1 is 1.14 bits per heavy atom. The van der Waals surface area contributed by atoms with E-state index in [-0.39, 0.29) is 17.7 Å². The number of benzene rings is 2. The van der Waals surface area contributed by atoms with Gasteiger partial charge < -0.3 is 10.6 Å². The van der Waals surface area contributed by atoms with Crippen molar-refractivity contribution in [3.63, 3.8) is 0 Å². The van der Waals surface area contributed by atoms with Gasteiger partial charge in [0, 0.05) is 41.2 Å². The Balaban J connectivity index is 1.43. The van der Waals surface area contributed by atoms with Crippen LogP contribution in [0.2, 0.25) is 0 Å². The van der Waals surface area contributed by atoms with E-state index in [1.54, 1.807) is 11.8 Å². The summed E-state index contributed by atoms with van der Waals surface area (Å²) in [5.74, 6) is 0.408. The topological polar surface area (TPSA) is 93.6 Å². The Kier molecular flexibility index (Phi) is 7.29. The Morgan fingerprint density at radius 2 is 1.86 bits per heavy atom. The lowest BCUT2D eigenvalue weighted by Gasteiger charge is -2.31. The van der Waals surface area contributed by atoms with Crippen LogP contribution in [0.15, 0.2) is 75.6 Å². The molecule has 36 heavy (non-hydrogen) atoms. The number of nitrogens with zero attached hydrogens (tertiary/aromatic N) is 4. The van der Waals surface area contributed by atoms with E-state index in [1.807, 2.05) is 47.3 Å². The lowest BCUT2D eigenvalue weighted by atomic mass is 9.97. The summed E-state index contributed by atoms with van der Waals surface area (Å²) in [6.45, 7) is 3.47. The molecule has 3 aromatic rings. The van der Waals surface area contributed by atoms with Gasteiger partial charge in [0.1, 0.15) is 0 Å². The van der Waals surface area contributed by atoms with E-state index in [0.717, 1.165) is 28.3 Å². The first-order chi connectivity index (χ1) is 17.5. The Labute approximate surface area is 218 Å². The van der Waals surface area contributed by atoms with Gasteiger partial charge in [0.05, 0.1) is 16.3 Å². The van der Waals surface area contributed by atoms with E-state index in [0.29, 0.717) is 36.0 Å². The molecule has 2 aliphatic heterocycles. The third-order valence-electron chi connectivity index (χ3n) is 6.27. The first-order valence-electron chi connectivity index (χ1n) is 12.0. The second kappa shape index (κ2) is 10.8. The Bertz CT molecular complexity index is 1320. The fraction of sp³-hybridized carbons (Fsp3) is 0.259. The number of hydrogen-bond donors (Lipinski definition) is 1. The largest absolute Gasteiger partial charge is 0.369 e. The number of nitrogens with two attached hydrogens (primary N) is 1. The predicted octanol–water partition coefficient (Wildman–Crippen LogP) is 4.82. The molecule has 2 aliphatic rings. The first-order valence-corrected chi connectivity index (χ1v) is 13.8. The molecule has 0 radical (unpaired) electrons. The molecular weight excluding hydrogens is 490 g/mol. The number of piperidine rings is 1. The fourth-order valence-electron chi connectivity index (χ4n) is 4.34. The number of likely N-dealkylation sites (tertiary alicyclic amines) is 1. The molecule has 7 nitrogen and oxygen atoms in total. The average Bonchev–Trinajstić information content (AvgIpc) is 3.49. The number of amidine groups is 1. The van der Waals surface area contributed by atoms with Crippen LogP contribution in [0.3, 0.4) is 0 Å². The van der Waals surface area contributed by atoms with Gasteiger partial charge in [-0.3, -0.25) is 9.59 Å². The molecular formula is C27H27N5O2S2. The molecule has 2 N–H and O–H groups in total. The zero-order chi connectivity index (χ0) is 25.1. The normalized spacial score (nSPS) is 17.6. The van der Waals surface area contributed by atoms with Crippen molar-refractivity contribution in [3.05, 3.63) is 71.3 Å². The van der Waals surface area contributed by atoms with Crippen LogP contribution in [0.5, 0.6) is 0 Å². The molecule has 5 rings (SSSR count). The second-order valence-electron chi connectivity index (χ2n) is 8.64. The molecule has 184 valence electrons. The molecule has 1 aromatic heterocycles. The van der Waals surface area contributed by atoms with Crippen molar-refractivity contribution >= 4 is 46.6 Å². The monoisotopic (exact) mass is 517 g/mol. The Morgan fingerprint density at radius 3 is 2.53 bits per heavy atom. The number of thioether (sulfide) groups is 2. The molecule has 1 saturated heterocycles. The van der Waals surface area contributed by atoms with Crippen LogP contribution in [-0.2, 0) is 9.59 Å². The summed E-state index contributed by atoms with van der Waals surface area (Å²) in [7, 11) is 0. The number of amides is 2. The number of aliphatic imine (C=N–C) groups is 1. The molecule has 1 fully saturated rings. The lowest BCUT2D eigenvalue weighted by Crippen LogP contribution is -2.40. The van der Waals surface area contributed by atoms with E-state index in [9.17, 15) is 9.59 Å². The van der Waals surface area contributed by atoms with Gasteiger partial charge in [-0.15, -0.1) is 11.8 Å². The van der Waals surface area contributed by atoms with Crippen LogP contribution < -0.4 is 5.73 Å². The lowest BCUT2D eigenvalue weighted by molar-refractivity contribution is -0.123. The van der Waals surface area contributed by atoms with Crippen molar-refractivity contribution in [1.29, 1.82) is 0 Å². The SMILES string of the molecule is CCSc1ccc(-c2nn(-c3ccccc3)cc2C=C2SC(N3CCC(C(N)=O)CC3)=NC2=O)cc1. The van der Waals surface area contributed by atoms with Gasteiger partial charge in [-0.25, -0.2) is 4.68 Å². The molecule has 0 aliphatic carbocycles. The van der Waals surface area contributed by atoms with Crippen molar-refractivity contribution < 1.29 is 9.59 Å². The van der Waals surface area contributed by atoms with E-state index in [1.165, 1.54) is 16.7 Å². The molecule has 0 unspecified atom stereocenters. The highest BCUT2D eigenvalue weighted by atomic mass is 32.2. The van der Waals surface area contributed by atoms with Gasteiger partial charge in [0.25, 0.3) is 5.91 Å². The van der Waals surface area contributed by atoms with Gasteiger partial charge >= 0.3 is 0 Å². The van der Waals surface area contributed by atoms with E-state index in [4.69, 9.17) is 10.8 Å². The van der Waals surface area contributed by atoms with Gasteiger partial charge in [0.15, 0.2) is 5.17 Å². The van der Waals surface area contributed by atoms with Gasteiger partial charge in [-0.1, -0.05) is 37.3 Å². The van der Waals surface area contributed by atoms with Gasteiger partial charge in [0.2, 0.25) is 5.91 Å². The predicted molar refractivity (Wildman–Crippen MR) is 147 cm³/mol. The number of primary amides is 1. The number of carbonyl (C=O) groups excluding carboxylic acids is 2. The summed E-state index contributed by atoms with van der Waals surface area (Å²) in [5.41, 5.74) is 9.06. The summed E-state index contributed by atoms with van der Waals surface area (Å²) >= 11 is 3.17.